The molecule has 1 heterocycles. The zero-order valence-corrected chi connectivity index (χ0v) is 17.1. The van der Waals surface area contributed by atoms with Crippen molar-refractivity contribution in [3.63, 3.8) is 0 Å². The zero-order valence-electron chi connectivity index (χ0n) is 16.3. The van der Waals surface area contributed by atoms with Gasteiger partial charge in [0.15, 0.2) is 18.1 Å². The molecule has 3 rings (SSSR count). The highest BCUT2D eigenvalue weighted by Crippen LogP contribution is 2.30. The Bertz CT molecular complexity index is 1020. The van der Waals surface area contributed by atoms with Gasteiger partial charge in [-0.05, 0) is 48.9 Å². The Labute approximate surface area is 178 Å². The van der Waals surface area contributed by atoms with Gasteiger partial charge in [0.05, 0.1) is 19.4 Å². The van der Waals surface area contributed by atoms with Crippen molar-refractivity contribution < 1.29 is 28.6 Å². The van der Waals surface area contributed by atoms with E-state index < -0.39 is 17.9 Å². The van der Waals surface area contributed by atoms with Crippen LogP contribution in [0.15, 0.2) is 48.2 Å². The van der Waals surface area contributed by atoms with Crippen molar-refractivity contribution in [3.05, 3.63) is 58.7 Å². The number of carbonyl (C=O) groups is 3. The van der Waals surface area contributed by atoms with Crippen LogP contribution in [0.1, 0.15) is 12.5 Å². The number of imide groups is 1. The van der Waals surface area contributed by atoms with Crippen LogP contribution in [-0.2, 0) is 14.3 Å². The molecule has 0 spiro atoms. The van der Waals surface area contributed by atoms with Crippen LogP contribution < -0.4 is 19.7 Å². The van der Waals surface area contributed by atoms with Gasteiger partial charge >= 0.3 is 12.0 Å². The van der Waals surface area contributed by atoms with Gasteiger partial charge in [0.25, 0.3) is 5.91 Å². The number of hydrogen-bond donors (Lipinski definition) is 1. The number of anilines is 1. The molecule has 0 unspecified atom stereocenters. The SMILES string of the molecule is CCOC(=O)COc1ccc(/C=C2/NC(=O)N(c3cccc(Cl)c3)C2=O)cc1OC. The predicted octanol–water partition coefficient (Wildman–Crippen LogP) is 3.39. The maximum absolute atomic E-state index is 12.7. The average Bonchev–Trinajstić information content (AvgIpc) is 3.00. The van der Waals surface area contributed by atoms with Crippen LogP contribution in [0.4, 0.5) is 10.5 Å². The first kappa shape index (κ1) is 21.2. The molecule has 3 amide bonds. The molecule has 0 saturated carbocycles. The largest absolute Gasteiger partial charge is 0.493 e. The minimum atomic E-state index is -0.574. The number of amides is 3. The second-order valence-corrected chi connectivity index (χ2v) is 6.55. The van der Waals surface area contributed by atoms with E-state index in [-0.39, 0.29) is 18.9 Å². The number of urea groups is 1. The summed E-state index contributed by atoms with van der Waals surface area (Å²) < 4.78 is 15.5. The van der Waals surface area contributed by atoms with E-state index >= 15 is 0 Å². The molecule has 1 aliphatic heterocycles. The van der Waals surface area contributed by atoms with Gasteiger partial charge in [-0.2, -0.15) is 0 Å². The summed E-state index contributed by atoms with van der Waals surface area (Å²) in [5, 5.41) is 2.96. The maximum Gasteiger partial charge on any atom is 0.344 e. The molecule has 2 aromatic carbocycles. The van der Waals surface area contributed by atoms with Crippen molar-refractivity contribution in [3.8, 4) is 11.5 Å². The van der Waals surface area contributed by atoms with Crippen LogP contribution in [0, 0.1) is 0 Å². The van der Waals surface area contributed by atoms with E-state index in [4.69, 9.17) is 25.8 Å². The summed E-state index contributed by atoms with van der Waals surface area (Å²) in [6.45, 7) is 1.71. The number of nitrogens with one attached hydrogen (secondary N) is 1. The standard InChI is InChI=1S/C21H19ClN2O6/c1-3-29-19(25)12-30-17-8-7-13(10-18(17)28-2)9-16-20(26)24(21(27)23-16)15-6-4-5-14(22)11-15/h4-11H,3,12H2,1-2H3,(H,23,27)/b16-9+. The van der Waals surface area contributed by atoms with Crippen molar-refractivity contribution in [1.82, 2.24) is 5.32 Å². The topological polar surface area (TPSA) is 94.2 Å². The lowest BCUT2D eigenvalue weighted by atomic mass is 10.1. The number of carbonyl (C=O) groups excluding carboxylic acids is 3. The molecule has 2 aromatic rings. The maximum atomic E-state index is 12.7. The van der Waals surface area contributed by atoms with E-state index in [1.54, 1.807) is 43.3 Å². The number of hydrogen-bond acceptors (Lipinski definition) is 6. The smallest absolute Gasteiger partial charge is 0.344 e. The van der Waals surface area contributed by atoms with Gasteiger partial charge in [0.1, 0.15) is 5.70 Å². The monoisotopic (exact) mass is 430 g/mol. The molecule has 9 heteroatoms. The normalized spacial score (nSPS) is 14.6. The lowest BCUT2D eigenvalue weighted by Crippen LogP contribution is -2.30. The van der Waals surface area contributed by atoms with Gasteiger partial charge in [-0.1, -0.05) is 23.7 Å². The van der Waals surface area contributed by atoms with Crippen LogP contribution in [0.25, 0.3) is 6.08 Å². The number of esters is 1. The lowest BCUT2D eigenvalue weighted by Gasteiger charge is -2.12. The lowest BCUT2D eigenvalue weighted by molar-refractivity contribution is -0.145. The quantitative estimate of drug-likeness (QED) is 0.411. The van der Waals surface area contributed by atoms with E-state index in [1.165, 1.54) is 19.3 Å². The van der Waals surface area contributed by atoms with Crippen molar-refractivity contribution in [2.24, 2.45) is 0 Å². The summed E-state index contributed by atoms with van der Waals surface area (Å²) in [6.07, 6.45) is 1.52. The van der Waals surface area contributed by atoms with E-state index in [0.29, 0.717) is 27.8 Å². The van der Waals surface area contributed by atoms with Crippen LogP contribution in [0.2, 0.25) is 5.02 Å². The zero-order chi connectivity index (χ0) is 21.7. The first-order valence-corrected chi connectivity index (χ1v) is 9.40. The fraction of sp³-hybridized carbons (Fsp3) is 0.190. The third-order valence-corrected chi connectivity index (χ3v) is 4.33. The fourth-order valence-corrected chi connectivity index (χ4v) is 2.97. The third-order valence-electron chi connectivity index (χ3n) is 4.09. The number of halogens is 1. The number of rotatable bonds is 7. The highest BCUT2D eigenvalue weighted by molar-refractivity contribution is 6.32. The molecule has 0 aliphatic carbocycles. The summed E-state index contributed by atoms with van der Waals surface area (Å²) in [7, 11) is 1.45. The number of nitrogens with zero attached hydrogens (tertiary/aromatic N) is 1. The number of methoxy groups -OCH3 is 1. The Morgan fingerprint density at radius 3 is 2.67 bits per heavy atom. The molecule has 8 nitrogen and oxygen atoms in total. The second kappa shape index (κ2) is 9.32. The third kappa shape index (κ3) is 4.72. The van der Waals surface area contributed by atoms with Gasteiger partial charge in [-0.15, -0.1) is 0 Å². The van der Waals surface area contributed by atoms with Gasteiger partial charge in [0, 0.05) is 5.02 Å². The van der Waals surface area contributed by atoms with Crippen LogP contribution in [-0.4, -0.2) is 38.2 Å². The summed E-state index contributed by atoms with van der Waals surface area (Å²) in [5.41, 5.74) is 1.06. The Balaban J connectivity index is 1.80. The Hall–Kier alpha value is -3.52. The predicted molar refractivity (Wildman–Crippen MR) is 111 cm³/mol. The highest BCUT2D eigenvalue weighted by Gasteiger charge is 2.34. The molecule has 0 atom stereocenters. The summed E-state index contributed by atoms with van der Waals surface area (Å²) in [5.74, 6) is -0.304. The highest BCUT2D eigenvalue weighted by atomic mass is 35.5. The van der Waals surface area contributed by atoms with Gasteiger partial charge in [-0.3, -0.25) is 4.79 Å². The molecule has 1 aliphatic rings. The fourth-order valence-electron chi connectivity index (χ4n) is 2.78. The van der Waals surface area contributed by atoms with Crippen molar-refractivity contribution in [1.29, 1.82) is 0 Å². The van der Waals surface area contributed by atoms with Crippen molar-refractivity contribution in [2.75, 3.05) is 25.2 Å². The molecule has 1 fully saturated rings. The molecular weight excluding hydrogens is 412 g/mol. The average molecular weight is 431 g/mol. The summed E-state index contributed by atoms with van der Waals surface area (Å²) in [6, 6.07) is 10.8. The Kier molecular flexibility index (Phi) is 6.58. The molecule has 0 radical (unpaired) electrons. The first-order valence-electron chi connectivity index (χ1n) is 9.02. The van der Waals surface area contributed by atoms with E-state index in [1.807, 2.05) is 0 Å². The minimum absolute atomic E-state index is 0.0993. The number of ether oxygens (including phenoxy) is 3. The van der Waals surface area contributed by atoms with Gasteiger partial charge in [-0.25, -0.2) is 14.5 Å². The second-order valence-electron chi connectivity index (χ2n) is 6.11. The molecule has 1 N–H and O–H groups in total. The van der Waals surface area contributed by atoms with E-state index in [9.17, 15) is 14.4 Å². The molecule has 1 saturated heterocycles. The van der Waals surface area contributed by atoms with Crippen molar-refractivity contribution >= 4 is 41.3 Å². The molecule has 0 bridgehead atoms. The minimum Gasteiger partial charge on any atom is -0.493 e. The van der Waals surface area contributed by atoms with Crippen LogP contribution >= 0.6 is 11.6 Å². The summed E-state index contributed by atoms with van der Waals surface area (Å²) >= 11 is 5.96. The van der Waals surface area contributed by atoms with Gasteiger partial charge < -0.3 is 19.5 Å². The van der Waals surface area contributed by atoms with Crippen LogP contribution in [0.3, 0.4) is 0 Å². The Morgan fingerprint density at radius 1 is 1.17 bits per heavy atom. The van der Waals surface area contributed by atoms with Crippen molar-refractivity contribution in [2.45, 2.75) is 6.92 Å². The molecule has 0 aromatic heterocycles. The van der Waals surface area contributed by atoms with E-state index in [2.05, 4.69) is 5.32 Å². The molecule has 30 heavy (non-hydrogen) atoms. The summed E-state index contributed by atoms with van der Waals surface area (Å²) in [4.78, 5) is 37.5. The molecular formula is C21H19ClN2O6. The van der Waals surface area contributed by atoms with Crippen LogP contribution in [0.5, 0.6) is 11.5 Å². The number of benzene rings is 2. The Morgan fingerprint density at radius 2 is 1.97 bits per heavy atom. The van der Waals surface area contributed by atoms with E-state index in [0.717, 1.165) is 4.90 Å². The molecule has 156 valence electrons. The first-order chi connectivity index (χ1) is 14.4. The van der Waals surface area contributed by atoms with Gasteiger partial charge in [0.2, 0.25) is 0 Å².